The zero-order valence-corrected chi connectivity index (χ0v) is 11.9. The third-order valence-electron chi connectivity index (χ3n) is 2.83. The molecule has 0 amide bonds. The summed E-state index contributed by atoms with van der Waals surface area (Å²) in [5.74, 6) is 0.286. The molecule has 0 saturated carbocycles. The van der Waals surface area contributed by atoms with Crippen LogP contribution in [-0.2, 0) is 0 Å². The van der Waals surface area contributed by atoms with Crippen LogP contribution in [-0.4, -0.2) is 25.1 Å². The monoisotopic (exact) mass is 303 g/mol. The molecule has 0 spiro atoms. The summed E-state index contributed by atoms with van der Waals surface area (Å²) in [7, 11) is 2.93. The first-order valence-corrected chi connectivity index (χ1v) is 6.23. The molecule has 0 atom stereocenters. The van der Waals surface area contributed by atoms with E-state index in [9.17, 15) is 14.9 Å². The lowest BCUT2D eigenvalue weighted by Crippen LogP contribution is -2.09. The molecule has 7 nitrogen and oxygen atoms in total. The number of nitrogens with zero attached hydrogens (tertiary/aromatic N) is 1. The summed E-state index contributed by atoms with van der Waals surface area (Å²) in [6.45, 7) is 0. The van der Waals surface area contributed by atoms with Crippen LogP contribution in [0.4, 0.5) is 5.69 Å². The van der Waals surface area contributed by atoms with Crippen molar-refractivity contribution >= 4 is 11.7 Å². The van der Waals surface area contributed by atoms with Crippen LogP contribution in [0.2, 0.25) is 0 Å². The molecule has 0 aliphatic carbocycles. The minimum atomic E-state index is -0.669. The largest absolute Gasteiger partial charge is 0.497 e. The van der Waals surface area contributed by atoms with Gasteiger partial charge in [-0.2, -0.15) is 0 Å². The number of esters is 1. The highest BCUT2D eigenvalue weighted by Gasteiger charge is 2.14. The van der Waals surface area contributed by atoms with Crippen LogP contribution in [0.25, 0.3) is 0 Å². The van der Waals surface area contributed by atoms with Crippen molar-refractivity contribution in [2.45, 2.75) is 0 Å². The smallest absolute Gasteiger partial charge is 0.343 e. The predicted molar refractivity (Wildman–Crippen MR) is 77.6 cm³/mol. The molecule has 0 saturated heterocycles. The van der Waals surface area contributed by atoms with Gasteiger partial charge in [-0.25, -0.2) is 4.79 Å². The summed E-state index contributed by atoms with van der Waals surface area (Å²) < 4.78 is 15.3. The summed E-state index contributed by atoms with van der Waals surface area (Å²) in [6.07, 6.45) is 0. The first-order valence-electron chi connectivity index (χ1n) is 6.23. The second kappa shape index (κ2) is 6.57. The molecule has 0 radical (unpaired) electrons. The Kier molecular flexibility index (Phi) is 4.57. The van der Waals surface area contributed by atoms with Gasteiger partial charge in [0.1, 0.15) is 17.2 Å². The number of nitro benzene ring substituents is 1. The average Bonchev–Trinajstić information content (AvgIpc) is 2.54. The van der Waals surface area contributed by atoms with Crippen molar-refractivity contribution in [1.82, 2.24) is 0 Å². The van der Waals surface area contributed by atoms with E-state index in [1.807, 2.05) is 0 Å². The molecule has 0 aromatic heterocycles. The van der Waals surface area contributed by atoms with Crippen molar-refractivity contribution in [1.29, 1.82) is 0 Å². The Morgan fingerprint density at radius 3 is 2.18 bits per heavy atom. The summed E-state index contributed by atoms with van der Waals surface area (Å²) in [5, 5.41) is 10.7. The van der Waals surface area contributed by atoms with Gasteiger partial charge in [-0.3, -0.25) is 10.1 Å². The van der Waals surface area contributed by atoms with Gasteiger partial charge in [0, 0.05) is 12.1 Å². The minimum Gasteiger partial charge on any atom is -0.497 e. The van der Waals surface area contributed by atoms with E-state index < -0.39 is 10.9 Å². The maximum Gasteiger partial charge on any atom is 0.343 e. The number of non-ortho nitro benzene ring substituents is 1. The molecular weight excluding hydrogens is 290 g/mol. The lowest BCUT2D eigenvalue weighted by Gasteiger charge is -2.08. The van der Waals surface area contributed by atoms with E-state index >= 15 is 0 Å². The summed E-state index contributed by atoms with van der Waals surface area (Å²) in [5.41, 5.74) is 0.0521. The number of hydrogen-bond acceptors (Lipinski definition) is 6. The third kappa shape index (κ3) is 3.51. The normalized spacial score (nSPS) is 9.91. The molecule has 0 heterocycles. The fourth-order valence-electron chi connectivity index (χ4n) is 1.75. The highest BCUT2D eigenvalue weighted by Crippen LogP contribution is 2.25. The zero-order chi connectivity index (χ0) is 16.1. The Morgan fingerprint density at radius 2 is 1.64 bits per heavy atom. The van der Waals surface area contributed by atoms with Crippen LogP contribution in [0.5, 0.6) is 17.2 Å². The Labute approximate surface area is 126 Å². The Balaban J connectivity index is 2.25. The van der Waals surface area contributed by atoms with Gasteiger partial charge in [-0.15, -0.1) is 0 Å². The van der Waals surface area contributed by atoms with E-state index in [1.54, 1.807) is 6.07 Å². The molecule has 2 rings (SSSR count). The molecule has 0 N–H and O–H groups in total. The average molecular weight is 303 g/mol. The molecule has 0 unspecified atom stereocenters. The summed E-state index contributed by atoms with van der Waals surface area (Å²) >= 11 is 0. The molecular formula is C15H13NO6. The van der Waals surface area contributed by atoms with Gasteiger partial charge in [0.15, 0.2) is 0 Å². The van der Waals surface area contributed by atoms with Crippen LogP contribution in [0.15, 0.2) is 42.5 Å². The van der Waals surface area contributed by atoms with E-state index in [2.05, 4.69) is 0 Å². The van der Waals surface area contributed by atoms with Crippen molar-refractivity contribution in [3.05, 3.63) is 58.1 Å². The Hall–Kier alpha value is -3.09. The topological polar surface area (TPSA) is 87.9 Å². The molecule has 114 valence electrons. The maximum atomic E-state index is 12.1. The van der Waals surface area contributed by atoms with Crippen LogP contribution < -0.4 is 14.2 Å². The number of carbonyl (C=O) groups excluding carboxylic acids is 1. The molecule has 7 heteroatoms. The van der Waals surface area contributed by atoms with Crippen molar-refractivity contribution in [2.24, 2.45) is 0 Å². The number of benzene rings is 2. The summed E-state index contributed by atoms with van der Waals surface area (Å²) in [6, 6.07) is 9.98. The van der Waals surface area contributed by atoms with Gasteiger partial charge in [0.25, 0.3) is 5.69 Å². The van der Waals surface area contributed by atoms with E-state index in [0.717, 1.165) is 0 Å². The number of rotatable bonds is 5. The van der Waals surface area contributed by atoms with Gasteiger partial charge in [0.05, 0.1) is 30.8 Å². The van der Waals surface area contributed by atoms with E-state index in [0.29, 0.717) is 11.5 Å². The van der Waals surface area contributed by atoms with E-state index in [1.165, 1.54) is 50.6 Å². The third-order valence-corrected chi connectivity index (χ3v) is 2.83. The van der Waals surface area contributed by atoms with Crippen molar-refractivity contribution in [2.75, 3.05) is 14.2 Å². The van der Waals surface area contributed by atoms with Crippen LogP contribution in [0, 0.1) is 10.1 Å². The first kappa shape index (κ1) is 15.3. The van der Waals surface area contributed by atoms with Crippen molar-refractivity contribution in [3.63, 3.8) is 0 Å². The zero-order valence-electron chi connectivity index (χ0n) is 11.9. The SMILES string of the molecule is COc1cc(OC)cc(C(=O)Oc2cccc([N+](=O)[O-])c2)c1. The van der Waals surface area contributed by atoms with Gasteiger partial charge in [-0.1, -0.05) is 6.07 Å². The lowest BCUT2D eigenvalue weighted by molar-refractivity contribution is -0.384. The van der Waals surface area contributed by atoms with Crippen LogP contribution in [0.1, 0.15) is 10.4 Å². The Morgan fingerprint density at radius 1 is 1.00 bits per heavy atom. The van der Waals surface area contributed by atoms with E-state index in [-0.39, 0.29) is 17.0 Å². The molecule has 22 heavy (non-hydrogen) atoms. The quantitative estimate of drug-likeness (QED) is 0.365. The molecule has 0 fully saturated rings. The first-order chi connectivity index (χ1) is 10.5. The molecule has 0 bridgehead atoms. The number of carbonyl (C=O) groups is 1. The highest BCUT2D eigenvalue weighted by molar-refractivity contribution is 5.92. The highest BCUT2D eigenvalue weighted by atomic mass is 16.6. The van der Waals surface area contributed by atoms with Gasteiger partial charge < -0.3 is 14.2 Å². The second-order valence-electron chi connectivity index (χ2n) is 4.25. The second-order valence-corrected chi connectivity index (χ2v) is 4.25. The van der Waals surface area contributed by atoms with Crippen LogP contribution in [0.3, 0.4) is 0 Å². The number of ether oxygens (including phenoxy) is 3. The van der Waals surface area contributed by atoms with Gasteiger partial charge in [-0.05, 0) is 18.2 Å². The Bertz CT molecular complexity index is 691. The van der Waals surface area contributed by atoms with Gasteiger partial charge >= 0.3 is 5.97 Å². The fourth-order valence-corrected chi connectivity index (χ4v) is 1.75. The lowest BCUT2D eigenvalue weighted by atomic mass is 10.2. The molecule has 2 aromatic carbocycles. The standard InChI is InChI=1S/C15H13NO6/c1-20-13-6-10(7-14(9-13)21-2)15(17)22-12-5-3-4-11(8-12)16(18)19/h3-9H,1-2H3. The van der Waals surface area contributed by atoms with Gasteiger partial charge in [0.2, 0.25) is 0 Å². The number of nitro groups is 1. The predicted octanol–water partition coefficient (Wildman–Crippen LogP) is 2.83. The van der Waals surface area contributed by atoms with Crippen molar-refractivity contribution in [3.8, 4) is 17.2 Å². The molecule has 0 aliphatic heterocycles. The minimum absolute atomic E-state index is 0.0842. The number of methoxy groups -OCH3 is 2. The maximum absolute atomic E-state index is 12.1. The molecule has 2 aromatic rings. The number of hydrogen-bond donors (Lipinski definition) is 0. The van der Waals surface area contributed by atoms with Crippen LogP contribution >= 0.6 is 0 Å². The fraction of sp³-hybridized carbons (Fsp3) is 0.133. The van der Waals surface area contributed by atoms with Crippen molar-refractivity contribution < 1.29 is 23.9 Å². The van der Waals surface area contributed by atoms with E-state index in [4.69, 9.17) is 14.2 Å². The molecule has 0 aliphatic rings. The summed E-state index contributed by atoms with van der Waals surface area (Å²) in [4.78, 5) is 22.3.